The molecule has 0 amide bonds. The van der Waals surface area contributed by atoms with Crippen molar-refractivity contribution in [3.8, 4) is 0 Å². The Bertz CT molecular complexity index is 61.9. The predicted molar refractivity (Wildman–Crippen MR) is 35.6 cm³/mol. The molecule has 0 aliphatic heterocycles. The van der Waals surface area contributed by atoms with Crippen LogP contribution in [0.2, 0.25) is 0 Å². The third-order valence-electron chi connectivity index (χ3n) is 1.03. The zero-order chi connectivity index (χ0) is 7.28. The van der Waals surface area contributed by atoms with Crippen LogP contribution in [0.25, 0.3) is 0 Å². The molecule has 55 valence electrons. The van der Waals surface area contributed by atoms with E-state index in [4.69, 9.17) is 4.74 Å². The molecule has 0 fully saturated rings. The van der Waals surface area contributed by atoms with E-state index in [0.717, 1.165) is 6.42 Å². The molecule has 0 aliphatic rings. The normalized spacial score (nSPS) is 14.3. The molecular formula is C7H15O2. The first-order valence-electron chi connectivity index (χ1n) is 3.46. The van der Waals surface area contributed by atoms with Crippen LogP contribution in [0.15, 0.2) is 0 Å². The van der Waals surface area contributed by atoms with E-state index < -0.39 is 6.29 Å². The predicted octanol–water partition coefficient (Wildman–Crippen LogP) is 1.83. The molecular weight excluding hydrogens is 116 g/mol. The number of ether oxygens (including phenoxy) is 1. The first-order valence-corrected chi connectivity index (χ1v) is 3.46. The molecule has 0 spiro atoms. The summed E-state index contributed by atoms with van der Waals surface area (Å²) in [7, 11) is 0. The number of hydrogen-bond acceptors (Lipinski definition) is 1. The number of rotatable bonds is 4. The Balaban J connectivity index is 3.16. The lowest BCUT2D eigenvalue weighted by atomic mass is 10.2. The van der Waals surface area contributed by atoms with Crippen molar-refractivity contribution < 1.29 is 9.84 Å². The molecule has 0 N–H and O–H groups in total. The third kappa shape index (κ3) is 4.43. The molecule has 0 saturated heterocycles. The van der Waals surface area contributed by atoms with Crippen LogP contribution in [0.4, 0.5) is 0 Å². The average molecular weight is 131 g/mol. The monoisotopic (exact) mass is 131 g/mol. The van der Waals surface area contributed by atoms with E-state index in [2.05, 4.69) is 0 Å². The Labute approximate surface area is 56.8 Å². The molecule has 0 bridgehead atoms. The van der Waals surface area contributed by atoms with Crippen molar-refractivity contribution in [2.45, 2.75) is 33.5 Å². The maximum atomic E-state index is 10.8. The molecule has 1 unspecified atom stereocenters. The van der Waals surface area contributed by atoms with E-state index >= 15 is 0 Å². The third-order valence-corrected chi connectivity index (χ3v) is 1.03. The molecule has 0 aromatic rings. The van der Waals surface area contributed by atoms with Gasteiger partial charge in [-0.1, -0.05) is 20.8 Å². The first-order chi connectivity index (χ1) is 4.18. The first kappa shape index (κ1) is 8.92. The zero-order valence-corrected chi connectivity index (χ0v) is 6.39. The minimum atomic E-state index is -0.829. The van der Waals surface area contributed by atoms with Crippen molar-refractivity contribution in [1.82, 2.24) is 0 Å². The average Bonchev–Trinajstić information content (AvgIpc) is 1.82. The van der Waals surface area contributed by atoms with Crippen molar-refractivity contribution in [2.24, 2.45) is 5.92 Å². The van der Waals surface area contributed by atoms with Gasteiger partial charge in [-0.2, -0.15) is 0 Å². The van der Waals surface area contributed by atoms with Gasteiger partial charge in [0.05, 0.1) is 0 Å². The summed E-state index contributed by atoms with van der Waals surface area (Å²) in [6, 6.07) is 0. The second-order valence-corrected chi connectivity index (χ2v) is 2.48. The van der Waals surface area contributed by atoms with E-state index in [-0.39, 0.29) is 5.92 Å². The Morgan fingerprint density at radius 2 is 2.00 bits per heavy atom. The summed E-state index contributed by atoms with van der Waals surface area (Å²) in [6.45, 7) is 6.32. The van der Waals surface area contributed by atoms with E-state index in [1.54, 1.807) is 0 Å². The van der Waals surface area contributed by atoms with Crippen molar-refractivity contribution in [2.75, 3.05) is 6.61 Å². The minimum absolute atomic E-state index is 0.0940. The quantitative estimate of drug-likeness (QED) is 0.535. The van der Waals surface area contributed by atoms with Crippen LogP contribution in [0.1, 0.15) is 27.2 Å². The Morgan fingerprint density at radius 3 is 2.33 bits per heavy atom. The van der Waals surface area contributed by atoms with Crippen molar-refractivity contribution in [3.05, 3.63) is 0 Å². The highest BCUT2D eigenvalue weighted by molar-refractivity contribution is 4.45. The van der Waals surface area contributed by atoms with Crippen LogP contribution in [0.5, 0.6) is 0 Å². The molecule has 0 rings (SSSR count). The standard InChI is InChI=1S/C7H15O2/c1-4-5-9-7(8)6(2)3/h6-7H,4-5H2,1-3H3. The molecule has 0 heterocycles. The topological polar surface area (TPSA) is 29.1 Å². The van der Waals surface area contributed by atoms with Gasteiger partial charge in [0.25, 0.3) is 0 Å². The smallest absolute Gasteiger partial charge is 0.193 e. The summed E-state index contributed by atoms with van der Waals surface area (Å²) in [6.07, 6.45) is 0.0933. The van der Waals surface area contributed by atoms with Crippen molar-refractivity contribution in [1.29, 1.82) is 0 Å². The van der Waals surface area contributed by atoms with Gasteiger partial charge < -0.3 is 4.74 Å². The molecule has 0 aromatic heterocycles. The van der Waals surface area contributed by atoms with Gasteiger partial charge in [-0.3, -0.25) is 0 Å². The van der Waals surface area contributed by atoms with E-state index in [0.29, 0.717) is 6.61 Å². The van der Waals surface area contributed by atoms with Gasteiger partial charge >= 0.3 is 0 Å². The molecule has 2 nitrogen and oxygen atoms in total. The fourth-order valence-electron chi connectivity index (χ4n) is 0.426. The molecule has 1 radical (unpaired) electrons. The second-order valence-electron chi connectivity index (χ2n) is 2.48. The van der Waals surface area contributed by atoms with Crippen LogP contribution >= 0.6 is 0 Å². The Kier molecular flexibility index (Phi) is 4.72. The lowest BCUT2D eigenvalue weighted by Gasteiger charge is -2.11. The molecule has 0 aromatic carbocycles. The van der Waals surface area contributed by atoms with Gasteiger partial charge in [0, 0.05) is 12.5 Å². The van der Waals surface area contributed by atoms with Crippen LogP contribution in [-0.2, 0) is 9.84 Å². The highest BCUT2D eigenvalue weighted by atomic mass is 16.6. The molecule has 0 saturated carbocycles. The van der Waals surface area contributed by atoms with Crippen LogP contribution in [0.3, 0.4) is 0 Å². The van der Waals surface area contributed by atoms with Crippen LogP contribution in [0, 0.1) is 5.92 Å². The second kappa shape index (κ2) is 4.77. The largest absolute Gasteiger partial charge is 0.349 e. The summed E-state index contributed by atoms with van der Waals surface area (Å²) >= 11 is 0. The summed E-state index contributed by atoms with van der Waals surface area (Å²) < 4.78 is 4.90. The molecule has 1 atom stereocenters. The highest BCUT2D eigenvalue weighted by Crippen LogP contribution is 2.02. The maximum absolute atomic E-state index is 10.8. The molecule has 0 aliphatic carbocycles. The summed E-state index contributed by atoms with van der Waals surface area (Å²) in [4.78, 5) is 0. The van der Waals surface area contributed by atoms with Gasteiger partial charge in [0.15, 0.2) is 6.29 Å². The lowest BCUT2D eigenvalue weighted by molar-refractivity contribution is -0.164. The SMILES string of the molecule is CCCOC([O])C(C)C. The van der Waals surface area contributed by atoms with E-state index in [1.165, 1.54) is 0 Å². The van der Waals surface area contributed by atoms with Crippen LogP contribution < -0.4 is 0 Å². The van der Waals surface area contributed by atoms with Gasteiger partial charge in [-0.05, 0) is 6.42 Å². The van der Waals surface area contributed by atoms with Crippen molar-refractivity contribution >= 4 is 0 Å². The zero-order valence-electron chi connectivity index (χ0n) is 6.39. The van der Waals surface area contributed by atoms with Gasteiger partial charge in [-0.25, -0.2) is 5.11 Å². The maximum Gasteiger partial charge on any atom is 0.193 e. The Hall–Kier alpha value is -0.0800. The Morgan fingerprint density at radius 1 is 1.44 bits per heavy atom. The van der Waals surface area contributed by atoms with Gasteiger partial charge in [0.1, 0.15) is 0 Å². The van der Waals surface area contributed by atoms with Gasteiger partial charge in [0.2, 0.25) is 0 Å². The highest BCUT2D eigenvalue weighted by Gasteiger charge is 2.09. The molecule has 9 heavy (non-hydrogen) atoms. The minimum Gasteiger partial charge on any atom is -0.349 e. The fraction of sp³-hybridized carbons (Fsp3) is 1.00. The fourth-order valence-corrected chi connectivity index (χ4v) is 0.426. The summed E-state index contributed by atoms with van der Waals surface area (Å²) in [5.41, 5.74) is 0. The lowest BCUT2D eigenvalue weighted by Crippen LogP contribution is -2.17. The van der Waals surface area contributed by atoms with E-state index in [9.17, 15) is 5.11 Å². The summed E-state index contributed by atoms with van der Waals surface area (Å²) in [5.74, 6) is 0.0940. The van der Waals surface area contributed by atoms with Crippen molar-refractivity contribution in [3.63, 3.8) is 0 Å². The summed E-state index contributed by atoms with van der Waals surface area (Å²) in [5, 5.41) is 10.8. The molecule has 2 heteroatoms. The van der Waals surface area contributed by atoms with Crippen LogP contribution in [-0.4, -0.2) is 12.9 Å². The van der Waals surface area contributed by atoms with Gasteiger partial charge in [-0.15, -0.1) is 0 Å². The van der Waals surface area contributed by atoms with E-state index in [1.807, 2.05) is 20.8 Å². The number of hydrogen-bond donors (Lipinski definition) is 0.